The number of fused-ring (bicyclic) bond motifs is 1. The molecule has 124 valence electrons. The molecule has 0 aromatic carbocycles. The van der Waals surface area contributed by atoms with Crippen molar-refractivity contribution >= 4 is 27.9 Å². The average Bonchev–Trinajstić information content (AvgIpc) is 2.67. The molecule has 8 nitrogen and oxygen atoms in total. The number of Topliss-reactive ketones (excluding diaryl/α,β-unsaturated/α-hetero) is 1. The van der Waals surface area contributed by atoms with Crippen LogP contribution in [0.4, 0.5) is 0 Å². The van der Waals surface area contributed by atoms with Crippen LogP contribution in [0.2, 0.25) is 0 Å². The van der Waals surface area contributed by atoms with Gasteiger partial charge in [0.05, 0.1) is 13.7 Å². The van der Waals surface area contributed by atoms with Crippen LogP contribution in [0.5, 0.6) is 0 Å². The van der Waals surface area contributed by atoms with Gasteiger partial charge >= 0.3 is 16.2 Å². The quantitative estimate of drug-likeness (QED) is 0.517. The lowest BCUT2D eigenvalue weighted by Gasteiger charge is -2.25. The summed E-state index contributed by atoms with van der Waals surface area (Å²) in [5.74, 6) is -2.02. The summed E-state index contributed by atoms with van der Waals surface area (Å²) in [7, 11) is -2.83. The van der Waals surface area contributed by atoms with E-state index in [1.54, 1.807) is 0 Å². The van der Waals surface area contributed by atoms with Crippen LogP contribution < -0.4 is 0 Å². The van der Waals surface area contributed by atoms with Crippen molar-refractivity contribution in [3.63, 3.8) is 0 Å². The van der Waals surface area contributed by atoms with Gasteiger partial charge in [0.1, 0.15) is 11.5 Å². The lowest BCUT2D eigenvalue weighted by molar-refractivity contribution is -0.156. The Kier molecular flexibility index (Phi) is 4.31. The Hall–Kier alpha value is -1.48. The van der Waals surface area contributed by atoms with Gasteiger partial charge in [-0.05, 0) is 26.7 Å². The van der Waals surface area contributed by atoms with Crippen molar-refractivity contribution in [3.05, 3.63) is 0 Å². The molecule has 9 heteroatoms. The second-order valence-electron chi connectivity index (χ2n) is 6.01. The molecule has 2 aliphatic heterocycles. The van der Waals surface area contributed by atoms with Crippen LogP contribution in [0, 0.1) is 5.41 Å². The summed E-state index contributed by atoms with van der Waals surface area (Å²) in [4.78, 5) is 36.2. The van der Waals surface area contributed by atoms with Gasteiger partial charge in [0.15, 0.2) is 5.78 Å². The Morgan fingerprint density at radius 1 is 1.32 bits per heavy atom. The molecule has 2 heterocycles. The number of hydrogen-bond acceptors (Lipinski definition) is 6. The summed E-state index contributed by atoms with van der Waals surface area (Å²) in [6, 6.07) is -0.715. The number of carbonyl (C=O) groups excluding carboxylic acids is 3. The normalized spacial score (nSPS) is 25.0. The van der Waals surface area contributed by atoms with Crippen molar-refractivity contribution in [1.82, 2.24) is 8.61 Å². The minimum Gasteiger partial charge on any atom is -0.468 e. The first kappa shape index (κ1) is 16.9. The van der Waals surface area contributed by atoms with Crippen LogP contribution in [0.1, 0.15) is 33.1 Å². The van der Waals surface area contributed by atoms with Gasteiger partial charge in [0, 0.05) is 6.54 Å². The van der Waals surface area contributed by atoms with E-state index in [-0.39, 0.29) is 6.54 Å². The molecule has 1 amide bonds. The molecule has 0 radical (unpaired) electrons. The molecule has 0 saturated carbocycles. The maximum atomic E-state index is 12.4. The van der Waals surface area contributed by atoms with Gasteiger partial charge in [-0.2, -0.15) is 12.7 Å². The number of amides is 1. The average molecular weight is 332 g/mol. The maximum Gasteiger partial charge on any atom is 0.318 e. The molecular weight excluding hydrogens is 312 g/mol. The number of carbonyl (C=O) groups is 3. The zero-order valence-electron chi connectivity index (χ0n) is 12.9. The molecule has 2 rings (SSSR count). The minimum atomic E-state index is -3.98. The second kappa shape index (κ2) is 5.62. The summed E-state index contributed by atoms with van der Waals surface area (Å²) in [6.07, 6.45) is 1.93. The maximum absolute atomic E-state index is 12.4. The Morgan fingerprint density at radius 2 is 1.95 bits per heavy atom. The van der Waals surface area contributed by atoms with E-state index in [0.717, 1.165) is 17.8 Å². The number of hydrogen-bond donors (Lipinski definition) is 0. The van der Waals surface area contributed by atoms with Gasteiger partial charge in [0.2, 0.25) is 0 Å². The number of rotatable bonds is 4. The van der Waals surface area contributed by atoms with Gasteiger partial charge < -0.3 is 4.74 Å². The summed E-state index contributed by atoms with van der Waals surface area (Å²) in [5.41, 5.74) is -1.51. The second-order valence-corrected chi connectivity index (χ2v) is 7.82. The highest BCUT2D eigenvalue weighted by molar-refractivity contribution is 7.87. The van der Waals surface area contributed by atoms with Crippen LogP contribution in [-0.4, -0.2) is 60.9 Å². The molecule has 22 heavy (non-hydrogen) atoms. The number of ketones is 1. The summed E-state index contributed by atoms with van der Waals surface area (Å²) in [5, 5.41) is 0. The predicted molar refractivity (Wildman–Crippen MR) is 75.8 cm³/mol. The third-order valence-corrected chi connectivity index (χ3v) is 6.14. The summed E-state index contributed by atoms with van der Waals surface area (Å²) in [6.45, 7) is 2.34. The van der Waals surface area contributed by atoms with E-state index in [1.807, 2.05) is 0 Å². The molecule has 0 bridgehead atoms. The standard InChI is InChI=1S/C13H20N2O6S/c1-13(2,12(18)21-3)10(16)8-15-11(17)9-6-4-5-7-14(9)22(15,19)20/h9H,4-8H2,1-3H3. The Morgan fingerprint density at radius 3 is 2.50 bits per heavy atom. The van der Waals surface area contributed by atoms with Gasteiger partial charge in [-0.15, -0.1) is 0 Å². The van der Waals surface area contributed by atoms with Crippen LogP contribution in [-0.2, 0) is 29.3 Å². The fourth-order valence-electron chi connectivity index (χ4n) is 2.69. The van der Waals surface area contributed by atoms with E-state index in [0.29, 0.717) is 17.1 Å². The first-order valence-corrected chi connectivity index (χ1v) is 8.48. The monoisotopic (exact) mass is 332 g/mol. The molecule has 0 aromatic rings. The lowest BCUT2D eigenvalue weighted by Crippen LogP contribution is -2.44. The Balaban J connectivity index is 2.24. The Bertz CT molecular complexity index is 612. The highest BCUT2D eigenvalue weighted by Crippen LogP contribution is 2.32. The van der Waals surface area contributed by atoms with Crippen molar-refractivity contribution in [1.29, 1.82) is 0 Å². The molecule has 1 unspecified atom stereocenters. The topological polar surface area (TPSA) is 101 Å². The summed E-state index contributed by atoms with van der Waals surface area (Å²) >= 11 is 0. The van der Waals surface area contributed by atoms with Crippen molar-refractivity contribution in [3.8, 4) is 0 Å². The predicted octanol–water partition coefficient (Wildman–Crippen LogP) is -0.304. The van der Waals surface area contributed by atoms with Crippen LogP contribution in [0.3, 0.4) is 0 Å². The molecule has 2 fully saturated rings. The van der Waals surface area contributed by atoms with Gasteiger partial charge in [-0.3, -0.25) is 14.4 Å². The van der Waals surface area contributed by atoms with E-state index in [2.05, 4.69) is 4.74 Å². The van der Waals surface area contributed by atoms with Crippen LogP contribution >= 0.6 is 0 Å². The van der Waals surface area contributed by atoms with E-state index < -0.39 is 45.9 Å². The highest BCUT2D eigenvalue weighted by Gasteiger charge is 2.52. The number of methoxy groups -OCH3 is 1. The zero-order valence-corrected chi connectivity index (χ0v) is 13.7. The minimum absolute atomic E-state index is 0.282. The number of nitrogens with zero attached hydrogens (tertiary/aromatic N) is 2. The molecule has 0 N–H and O–H groups in total. The van der Waals surface area contributed by atoms with Crippen molar-refractivity contribution in [2.45, 2.75) is 39.2 Å². The van der Waals surface area contributed by atoms with Gasteiger partial charge in [0.25, 0.3) is 5.91 Å². The number of esters is 1. The van der Waals surface area contributed by atoms with Crippen LogP contribution in [0.15, 0.2) is 0 Å². The zero-order chi connectivity index (χ0) is 16.7. The van der Waals surface area contributed by atoms with Gasteiger partial charge in [-0.25, -0.2) is 4.31 Å². The van der Waals surface area contributed by atoms with Crippen molar-refractivity contribution < 1.29 is 27.5 Å². The van der Waals surface area contributed by atoms with E-state index in [4.69, 9.17) is 0 Å². The molecule has 1 atom stereocenters. The first-order valence-electron chi connectivity index (χ1n) is 7.09. The third-order valence-electron chi connectivity index (χ3n) is 4.24. The highest BCUT2D eigenvalue weighted by atomic mass is 32.2. The van der Waals surface area contributed by atoms with E-state index in [1.165, 1.54) is 13.8 Å². The van der Waals surface area contributed by atoms with Gasteiger partial charge in [-0.1, -0.05) is 6.42 Å². The van der Waals surface area contributed by atoms with E-state index in [9.17, 15) is 22.8 Å². The largest absolute Gasteiger partial charge is 0.468 e. The first-order chi connectivity index (χ1) is 10.1. The molecule has 0 spiro atoms. The fraction of sp³-hybridized carbons (Fsp3) is 0.769. The lowest BCUT2D eigenvalue weighted by atomic mass is 9.88. The Labute approximate surface area is 129 Å². The molecular formula is C13H20N2O6S. The summed E-state index contributed by atoms with van der Waals surface area (Å²) < 4.78 is 31.1. The molecule has 0 aliphatic carbocycles. The van der Waals surface area contributed by atoms with Crippen molar-refractivity contribution in [2.24, 2.45) is 5.41 Å². The molecule has 2 saturated heterocycles. The van der Waals surface area contributed by atoms with Crippen LogP contribution in [0.25, 0.3) is 0 Å². The fourth-order valence-corrected chi connectivity index (χ4v) is 4.45. The number of ether oxygens (including phenoxy) is 1. The smallest absolute Gasteiger partial charge is 0.318 e. The molecule has 2 aliphatic rings. The SMILES string of the molecule is COC(=O)C(C)(C)C(=O)CN1C(=O)C2CCCCN2S1(=O)=O. The van der Waals surface area contributed by atoms with E-state index >= 15 is 0 Å². The molecule has 0 aromatic heterocycles. The van der Waals surface area contributed by atoms with Crippen molar-refractivity contribution in [2.75, 3.05) is 20.2 Å². The third kappa shape index (κ3) is 2.52. The number of piperidine rings is 1.